The van der Waals surface area contributed by atoms with Crippen molar-refractivity contribution in [3.8, 4) is 0 Å². The summed E-state index contributed by atoms with van der Waals surface area (Å²) >= 11 is 3.63. The minimum absolute atomic E-state index is 0.407. The van der Waals surface area contributed by atoms with Gasteiger partial charge in [-0.3, -0.25) is 0 Å². The molecule has 0 N–H and O–H groups in total. The molecule has 0 saturated carbocycles. The first-order valence-corrected chi connectivity index (χ1v) is 6.86. The molecule has 0 aromatic heterocycles. The monoisotopic (exact) mass is 263 g/mol. The molecule has 1 unspecified atom stereocenters. The minimum atomic E-state index is 0.407. The minimum Gasteiger partial charge on any atom is -0.303 e. The fourth-order valence-electron chi connectivity index (χ4n) is 1.56. The standard InChI is InChI=1S/C12H26BrN/c1-6-8-14(7-2)10-11(9-13)12(3,4)5/h11H,6-10H2,1-5H3. The molecule has 0 heterocycles. The Balaban J connectivity index is 4.14. The van der Waals surface area contributed by atoms with Crippen molar-refractivity contribution in [1.82, 2.24) is 4.90 Å². The Morgan fingerprint density at radius 2 is 1.79 bits per heavy atom. The van der Waals surface area contributed by atoms with E-state index in [1.54, 1.807) is 0 Å². The van der Waals surface area contributed by atoms with Gasteiger partial charge in [-0.15, -0.1) is 0 Å². The molecule has 0 radical (unpaired) electrons. The maximum absolute atomic E-state index is 3.63. The second kappa shape index (κ2) is 6.84. The van der Waals surface area contributed by atoms with Crippen LogP contribution in [0.3, 0.4) is 0 Å². The zero-order valence-electron chi connectivity index (χ0n) is 10.4. The van der Waals surface area contributed by atoms with E-state index in [9.17, 15) is 0 Å². The van der Waals surface area contributed by atoms with E-state index < -0.39 is 0 Å². The first-order chi connectivity index (χ1) is 6.45. The average molecular weight is 264 g/mol. The molecule has 0 aliphatic carbocycles. The average Bonchev–Trinajstić information content (AvgIpc) is 2.10. The molecule has 0 aliphatic heterocycles. The van der Waals surface area contributed by atoms with Crippen LogP contribution in [0.2, 0.25) is 0 Å². The lowest BCUT2D eigenvalue weighted by Gasteiger charge is -2.33. The van der Waals surface area contributed by atoms with Gasteiger partial charge in [0.1, 0.15) is 0 Å². The molecule has 1 atom stereocenters. The molecule has 1 nitrogen and oxygen atoms in total. The lowest BCUT2D eigenvalue weighted by molar-refractivity contribution is 0.170. The van der Waals surface area contributed by atoms with E-state index in [4.69, 9.17) is 0 Å². The SMILES string of the molecule is CCCN(CC)CC(CBr)C(C)(C)C. The number of rotatable bonds is 6. The van der Waals surface area contributed by atoms with E-state index in [-0.39, 0.29) is 0 Å². The zero-order chi connectivity index (χ0) is 11.2. The number of alkyl halides is 1. The summed E-state index contributed by atoms with van der Waals surface area (Å²) in [6.07, 6.45) is 1.26. The predicted molar refractivity (Wildman–Crippen MR) is 69.1 cm³/mol. The lowest BCUT2D eigenvalue weighted by Crippen LogP contribution is -2.36. The van der Waals surface area contributed by atoms with Crippen molar-refractivity contribution in [1.29, 1.82) is 0 Å². The summed E-state index contributed by atoms with van der Waals surface area (Å²) in [5.74, 6) is 0.744. The van der Waals surface area contributed by atoms with Gasteiger partial charge < -0.3 is 4.90 Å². The summed E-state index contributed by atoms with van der Waals surface area (Å²) in [6, 6.07) is 0. The molecular weight excluding hydrogens is 238 g/mol. The van der Waals surface area contributed by atoms with Crippen molar-refractivity contribution in [2.75, 3.05) is 25.0 Å². The molecule has 14 heavy (non-hydrogen) atoms. The molecule has 0 spiro atoms. The van der Waals surface area contributed by atoms with Gasteiger partial charge in [0.05, 0.1) is 0 Å². The van der Waals surface area contributed by atoms with Gasteiger partial charge >= 0.3 is 0 Å². The van der Waals surface area contributed by atoms with Crippen LogP contribution in [0, 0.1) is 11.3 Å². The molecule has 0 aromatic carbocycles. The molecule has 0 fully saturated rings. The van der Waals surface area contributed by atoms with Crippen molar-refractivity contribution in [3.05, 3.63) is 0 Å². The molecule has 0 rings (SSSR count). The van der Waals surface area contributed by atoms with Crippen LogP contribution in [-0.4, -0.2) is 29.9 Å². The second-order valence-corrected chi connectivity index (χ2v) is 5.76. The van der Waals surface area contributed by atoms with Crippen LogP contribution < -0.4 is 0 Å². The first-order valence-electron chi connectivity index (χ1n) is 5.74. The van der Waals surface area contributed by atoms with Gasteiger partial charge in [0.2, 0.25) is 0 Å². The second-order valence-electron chi connectivity index (χ2n) is 5.11. The van der Waals surface area contributed by atoms with E-state index in [1.165, 1.54) is 26.1 Å². The smallest absolute Gasteiger partial charge is 0.00768 e. The Morgan fingerprint density at radius 1 is 1.21 bits per heavy atom. The van der Waals surface area contributed by atoms with Crippen LogP contribution >= 0.6 is 15.9 Å². The molecule has 2 heteroatoms. The fraction of sp³-hybridized carbons (Fsp3) is 1.00. The Labute approximate surface area is 98.4 Å². The van der Waals surface area contributed by atoms with Gasteiger partial charge in [0.15, 0.2) is 0 Å². The number of hydrogen-bond acceptors (Lipinski definition) is 1. The van der Waals surface area contributed by atoms with Gasteiger partial charge in [-0.05, 0) is 30.8 Å². The van der Waals surface area contributed by atoms with Crippen LogP contribution in [0.4, 0.5) is 0 Å². The Hall–Kier alpha value is 0.440. The largest absolute Gasteiger partial charge is 0.303 e. The molecule has 0 bridgehead atoms. The van der Waals surface area contributed by atoms with E-state index >= 15 is 0 Å². The summed E-state index contributed by atoms with van der Waals surface area (Å²) in [4.78, 5) is 2.55. The van der Waals surface area contributed by atoms with E-state index in [2.05, 4.69) is 55.4 Å². The molecule has 0 amide bonds. The van der Waals surface area contributed by atoms with Crippen molar-refractivity contribution in [2.24, 2.45) is 11.3 Å². The van der Waals surface area contributed by atoms with Crippen LogP contribution in [-0.2, 0) is 0 Å². The van der Waals surface area contributed by atoms with Gasteiger partial charge in [0, 0.05) is 11.9 Å². The van der Waals surface area contributed by atoms with Crippen molar-refractivity contribution in [3.63, 3.8) is 0 Å². The zero-order valence-corrected chi connectivity index (χ0v) is 12.0. The van der Waals surface area contributed by atoms with Crippen LogP contribution in [0.5, 0.6) is 0 Å². The summed E-state index contributed by atoms with van der Waals surface area (Å²) in [6.45, 7) is 15.1. The third-order valence-electron chi connectivity index (χ3n) is 2.88. The topological polar surface area (TPSA) is 3.24 Å². The molecule has 86 valence electrons. The van der Waals surface area contributed by atoms with E-state index in [0.717, 1.165) is 11.2 Å². The van der Waals surface area contributed by atoms with Crippen LogP contribution in [0.1, 0.15) is 41.0 Å². The highest BCUT2D eigenvalue weighted by atomic mass is 79.9. The normalized spacial score (nSPS) is 14.8. The fourth-order valence-corrected chi connectivity index (χ4v) is 2.74. The number of halogens is 1. The van der Waals surface area contributed by atoms with E-state index in [1.807, 2.05) is 0 Å². The molecule has 0 aliphatic rings. The van der Waals surface area contributed by atoms with E-state index in [0.29, 0.717) is 5.41 Å². The summed E-state index contributed by atoms with van der Waals surface area (Å²) in [5.41, 5.74) is 0.407. The number of nitrogens with zero attached hydrogens (tertiary/aromatic N) is 1. The van der Waals surface area contributed by atoms with Crippen molar-refractivity contribution < 1.29 is 0 Å². The third kappa shape index (κ3) is 5.35. The molecule has 0 aromatic rings. The Bertz CT molecular complexity index is 140. The van der Waals surface area contributed by atoms with Crippen molar-refractivity contribution >= 4 is 15.9 Å². The maximum Gasteiger partial charge on any atom is 0.00768 e. The maximum atomic E-state index is 3.63. The summed E-state index contributed by atoms with van der Waals surface area (Å²) < 4.78 is 0. The van der Waals surface area contributed by atoms with Gasteiger partial charge in [-0.25, -0.2) is 0 Å². The Kier molecular flexibility index (Phi) is 7.05. The van der Waals surface area contributed by atoms with Gasteiger partial charge in [-0.1, -0.05) is 50.5 Å². The van der Waals surface area contributed by atoms with Gasteiger partial charge in [0.25, 0.3) is 0 Å². The molecular formula is C12H26BrN. The highest BCUT2D eigenvalue weighted by Crippen LogP contribution is 2.28. The van der Waals surface area contributed by atoms with Gasteiger partial charge in [-0.2, -0.15) is 0 Å². The summed E-state index contributed by atoms with van der Waals surface area (Å²) in [7, 11) is 0. The number of hydrogen-bond donors (Lipinski definition) is 0. The highest BCUT2D eigenvalue weighted by molar-refractivity contribution is 9.09. The highest BCUT2D eigenvalue weighted by Gasteiger charge is 2.24. The Morgan fingerprint density at radius 3 is 2.07 bits per heavy atom. The predicted octanol–water partition coefficient (Wildman–Crippen LogP) is 3.78. The quantitative estimate of drug-likeness (QED) is 0.660. The lowest BCUT2D eigenvalue weighted by atomic mass is 9.82. The summed E-state index contributed by atoms with van der Waals surface area (Å²) in [5, 5.41) is 1.11. The van der Waals surface area contributed by atoms with Crippen LogP contribution in [0.25, 0.3) is 0 Å². The first kappa shape index (κ1) is 14.4. The van der Waals surface area contributed by atoms with Crippen LogP contribution in [0.15, 0.2) is 0 Å². The van der Waals surface area contributed by atoms with Crippen molar-refractivity contribution in [2.45, 2.75) is 41.0 Å². The third-order valence-corrected chi connectivity index (χ3v) is 3.66. The molecule has 0 saturated heterocycles.